The number of ether oxygens (including phenoxy) is 1. The van der Waals surface area contributed by atoms with E-state index in [0.717, 1.165) is 12.5 Å². The molecule has 1 N–H and O–H groups in total. The largest absolute Gasteiger partial charge is 0.375 e. The molecule has 2 fully saturated rings. The number of nitrogens with zero attached hydrogens (tertiary/aromatic N) is 1. The van der Waals surface area contributed by atoms with E-state index in [1.54, 1.807) is 0 Å². The molecule has 0 radical (unpaired) electrons. The molecular formula is C15H26N2O. The fourth-order valence-electron chi connectivity index (χ4n) is 3.01. The lowest BCUT2D eigenvalue weighted by molar-refractivity contribution is -0.00762. The van der Waals surface area contributed by atoms with Crippen molar-refractivity contribution in [3.63, 3.8) is 0 Å². The van der Waals surface area contributed by atoms with Gasteiger partial charge in [-0.05, 0) is 56.9 Å². The number of hydrogen-bond donors (Lipinski definition) is 1. The summed E-state index contributed by atoms with van der Waals surface area (Å²) in [6.45, 7) is 5.80. The van der Waals surface area contributed by atoms with Gasteiger partial charge in [0.1, 0.15) is 5.54 Å². The minimum Gasteiger partial charge on any atom is -0.375 e. The maximum atomic E-state index is 9.50. The van der Waals surface area contributed by atoms with Crippen molar-refractivity contribution in [1.82, 2.24) is 5.32 Å². The van der Waals surface area contributed by atoms with E-state index in [2.05, 4.69) is 25.2 Å². The molecule has 1 atom stereocenters. The monoisotopic (exact) mass is 250 g/mol. The average molecular weight is 250 g/mol. The highest BCUT2D eigenvalue weighted by molar-refractivity contribution is 5.15. The first-order chi connectivity index (χ1) is 8.70. The number of rotatable bonds is 6. The van der Waals surface area contributed by atoms with Gasteiger partial charge in [-0.3, -0.25) is 5.32 Å². The Balaban J connectivity index is 1.84. The molecule has 0 aromatic heterocycles. The quantitative estimate of drug-likeness (QED) is 0.788. The van der Waals surface area contributed by atoms with Crippen LogP contribution in [-0.2, 0) is 4.74 Å². The van der Waals surface area contributed by atoms with Crippen LogP contribution in [0, 0.1) is 23.2 Å². The zero-order valence-corrected chi connectivity index (χ0v) is 11.7. The van der Waals surface area contributed by atoms with Gasteiger partial charge in [-0.2, -0.15) is 5.26 Å². The number of nitrogens with one attached hydrogen (secondary N) is 1. The van der Waals surface area contributed by atoms with Crippen LogP contribution in [0.3, 0.4) is 0 Å². The third-order valence-corrected chi connectivity index (χ3v) is 4.48. The van der Waals surface area contributed by atoms with E-state index in [-0.39, 0.29) is 0 Å². The highest BCUT2D eigenvalue weighted by Gasteiger charge is 2.46. The van der Waals surface area contributed by atoms with Crippen LogP contribution in [0.1, 0.15) is 52.4 Å². The zero-order chi connectivity index (χ0) is 13.0. The third kappa shape index (κ3) is 3.24. The van der Waals surface area contributed by atoms with Gasteiger partial charge in [-0.1, -0.05) is 13.8 Å². The predicted molar refractivity (Wildman–Crippen MR) is 72.1 cm³/mol. The van der Waals surface area contributed by atoms with Crippen LogP contribution in [0.4, 0.5) is 0 Å². The topological polar surface area (TPSA) is 45.0 Å². The van der Waals surface area contributed by atoms with Crippen molar-refractivity contribution in [1.29, 1.82) is 5.26 Å². The summed E-state index contributed by atoms with van der Waals surface area (Å²) in [5.74, 6) is 1.35. The Morgan fingerprint density at radius 1 is 1.22 bits per heavy atom. The van der Waals surface area contributed by atoms with E-state index in [9.17, 15) is 5.26 Å². The molecule has 0 aromatic carbocycles. The molecule has 2 rings (SSSR count). The molecule has 0 bridgehead atoms. The SMILES string of the molecule is CCNC(C#N)(COC1CCC(C)CC1)C1CC1. The van der Waals surface area contributed by atoms with Gasteiger partial charge in [0.15, 0.2) is 0 Å². The molecule has 2 saturated carbocycles. The second-order valence-electron chi connectivity index (χ2n) is 6.08. The lowest BCUT2D eigenvalue weighted by Crippen LogP contribution is -2.50. The van der Waals surface area contributed by atoms with Crippen LogP contribution in [0.2, 0.25) is 0 Å². The molecule has 0 heterocycles. The Kier molecular flexibility index (Phi) is 4.64. The van der Waals surface area contributed by atoms with Gasteiger partial charge < -0.3 is 4.74 Å². The van der Waals surface area contributed by atoms with Crippen molar-refractivity contribution in [2.75, 3.05) is 13.2 Å². The summed E-state index contributed by atoms with van der Waals surface area (Å²) in [5, 5.41) is 12.9. The summed E-state index contributed by atoms with van der Waals surface area (Å²) in [7, 11) is 0. The smallest absolute Gasteiger partial charge is 0.133 e. The lowest BCUT2D eigenvalue weighted by atomic mass is 9.88. The molecule has 0 spiro atoms. The minimum atomic E-state index is -0.419. The van der Waals surface area contributed by atoms with Crippen molar-refractivity contribution in [2.45, 2.75) is 64.0 Å². The van der Waals surface area contributed by atoms with Crippen molar-refractivity contribution in [3.05, 3.63) is 0 Å². The van der Waals surface area contributed by atoms with Gasteiger partial charge in [-0.25, -0.2) is 0 Å². The van der Waals surface area contributed by atoms with Crippen LogP contribution >= 0.6 is 0 Å². The summed E-state index contributed by atoms with van der Waals surface area (Å²) in [6, 6.07) is 2.49. The molecule has 18 heavy (non-hydrogen) atoms. The number of likely N-dealkylation sites (N-methyl/N-ethyl adjacent to an activating group) is 1. The highest BCUT2D eigenvalue weighted by atomic mass is 16.5. The average Bonchev–Trinajstić information content (AvgIpc) is 3.21. The molecule has 0 aliphatic heterocycles. The molecular weight excluding hydrogens is 224 g/mol. The van der Waals surface area contributed by atoms with Gasteiger partial charge in [0, 0.05) is 0 Å². The second-order valence-corrected chi connectivity index (χ2v) is 6.08. The fraction of sp³-hybridized carbons (Fsp3) is 0.933. The number of hydrogen-bond acceptors (Lipinski definition) is 3. The van der Waals surface area contributed by atoms with Crippen molar-refractivity contribution < 1.29 is 4.74 Å². The third-order valence-electron chi connectivity index (χ3n) is 4.48. The van der Waals surface area contributed by atoms with E-state index in [1.807, 2.05) is 0 Å². The standard InChI is InChI=1S/C15H26N2O/c1-3-17-15(10-16,13-6-7-13)11-18-14-8-4-12(2)5-9-14/h12-14,17H,3-9,11H2,1-2H3. The first-order valence-corrected chi connectivity index (χ1v) is 7.48. The number of nitriles is 1. The van der Waals surface area contributed by atoms with Crippen LogP contribution in [0.15, 0.2) is 0 Å². The van der Waals surface area contributed by atoms with E-state index in [4.69, 9.17) is 4.74 Å². The molecule has 0 saturated heterocycles. The molecule has 1 unspecified atom stereocenters. The molecule has 3 nitrogen and oxygen atoms in total. The first kappa shape index (κ1) is 13.8. The normalized spacial score (nSPS) is 31.6. The van der Waals surface area contributed by atoms with Gasteiger partial charge in [0.25, 0.3) is 0 Å². The van der Waals surface area contributed by atoms with Crippen LogP contribution in [0.25, 0.3) is 0 Å². The summed E-state index contributed by atoms with van der Waals surface area (Å²) in [5.41, 5.74) is -0.419. The summed E-state index contributed by atoms with van der Waals surface area (Å²) in [4.78, 5) is 0. The maximum Gasteiger partial charge on any atom is 0.133 e. The Morgan fingerprint density at radius 2 is 1.89 bits per heavy atom. The second kappa shape index (κ2) is 6.04. The molecule has 2 aliphatic rings. The van der Waals surface area contributed by atoms with Gasteiger partial charge >= 0.3 is 0 Å². The minimum absolute atomic E-state index is 0.381. The van der Waals surface area contributed by atoms with E-state index < -0.39 is 5.54 Å². The maximum absolute atomic E-state index is 9.50. The molecule has 102 valence electrons. The van der Waals surface area contributed by atoms with Gasteiger partial charge in [0.2, 0.25) is 0 Å². The van der Waals surface area contributed by atoms with Gasteiger partial charge in [-0.15, -0.1) is 0 Å². The molecule has 0 aromatic rings. The van der Waals surface area contributed by atoms with Crippen LogP contribution < -0.4 is 5.32 Å². The predicted octanol–water partition coefficient (Wildman–Crippen LogP) is 2.86. The molecule has 0 amide bonds. The Hall–Kier alpha value is -0.590. The van der Waals surface area contributed by atoms with E-state index in [0.29, 0.717) is 18.6 Å². The van der Waals surface area contributed by atoms with Crippen molar-refractivity contribution in [2.24, 2.45) is 11.8 Å². The van der Waals surface area contributed by atoms with Crippen molar-refractivity contribution in [3.8, 4) is 6.07 Å². The highest BCUT2D eigenvalue weighted by Crippen LogP contribution is 2.40. The molecule has 3 heteroatoms. The summed E-state index contributed by atoms with van der Waals surface area (Å²) in [6.07, 6.45) is 7.60. The Labute approximate surface area is 111 Å². The van der Waals surface area contributed by atoms with E-state index >= 15 is 0 Å². The lowest BCUT2D eigenvalue weighted by Gasteiger charge is -2.32. The Bertz CT molecular complexity index is 300. The summed E-state index contributed by atoms with van der Waals surface area (Å²) >= 11 is 0. The van der Waals surface area contributed by atoms with E-state index in [1.165, 1.54) is 38.5 Å². The first-order valence-electron chi connectivity index (χ1n) is 7.48. The zero-order valence-electron chi connectivity index (χ0n) is 11.7. The van der Waals surface area contributed by atoms with Crippen LogP contribution in [-0.4, -0.2) is 24.8 Å². The van der Waals surface area contributed by atoms with Crippen LogP contribution in [0.5, 0.6) is 0 Å². The van der Waals surface area contributed by atoms with Gasteiger partial charge in [0.05, 0.1) is 18.8 Å². The fourth-order valence-corrected chi connectivity index (χ4v) is 3.01. The molecule has 2 aliphatic carbocycles. The summed E-state index contributed by atoms with van der Waals surface area (Å²) < 4.78 is 6.06. The Morgan fingerprint density at radius 3 is 2.39 bits per heavy atom. The van der Waals surface area contributed by atoms with Crippen molar-refractivity contribution >= 4 is 0 Å².